The van der Waals surface area contributed by atoms with E-state index in [-0.39, 0.29) is 29.4 Å². The molecule has 4 rings (SSSR count). The fourth-order valence-corrected chi connectivity index (χ4v) is 4.93. The molecule has 0 fully saturated rings. The summed E-state index contributed by atoms with van der Waals surface area (Å²) in [7, 11) is 0. The summed E-state index contributed by atoms with van der Waals surface area (Å²) >= 11 is 1.10. The predicted octanol–water partition coefficient (Wildman–Crippen LogP) is 5.30. The van der Waals surface area contributed by atoms with Crippen molar-refractivity contribution >= 4 is 40.9 Å². The van der Waals surface area contributed by atoms with Gasteiger partial charge in [-0.25, -0.2) is 9.18 Å². The van der Waals surface area contributed by atoms with Crippen LogP contribution in [0.25, 0.3) is 0 Å². The van der Waals surface area contributed by atoms with Crippen LogP contribution in [-0.4, -0.2) is 30.1 Å². The summed E-state index contributed by atoms with van der Waals surface area (Å²) in [5.74, 6) is -2.19. The number of amides is 2. The average Bonchev–Trinajstić information content (AvgIpc) is 3.48. The zero-order valence-electron chi connectivity index (χ0n) is 21.6. The van der Waals surface area contributed by atoms with Crippen molar-refractivity contribution in [2.24, 2.45) is 0 Å². The molecule has 1 aliphatic rings. The van der Waals surface area contributed by atoms with Gasteiger partial charge in [-0.1, -0.05) is 11.8 Å². The van der Waals surface area contributed by atoms with Crippen molar-refractivity contribution in [1.29, 1.82) is 5.26 Å². The molecule has 0 saturated carbocycles. The number of nitriles is 1. The minimum Gasteiger partial charge on any atom is -0.468 e. The number of halogens is 1. The number of anilines is 2. The van der Waals surface area contributed by atoms with Gasteiger partial charge in [0.2, 0.25) is 5.91 Å². The smallest absolute Gasteiger partial charge is 0.338 e. The van der Waals surface area contributed by atoms with Crippen molar-refractivity contribution in [2.45, 2.75) is 19.8 Å². The van der Waals surface area contributed by atoms with Crippen molar-refractivity contribution in [3.63, 3.8) is 0 Å². The first-order chi connectivity index (χ1) is 19.3. The quantitative estimate of drug-likeness (QED) is 0.300. The number of nitrogens with zero attached hydrogens (tertiary/aromatic N) is 1. The van der Waals surface area contributed by atoms with Crippen molar-refractivity contribution < 1.29 is 27.9 Å². The Morgan fingerprint density at radius 2 is 1.75 bits per heavy atom. The van der Waals surface area contributed by atoms with Crippen molar-refractivity contribution in [2.75, 3.05) is 23.0 Å². The molecular weight excluding hydrogens is 535 g/mol. The van der Waals surface area contributed by atoms with Crippen LogP contribution in [0.2, 0.25) is 0 Å². The summed E-state index contributed by atoms with van der Waals surface area (Å²) < 4.78 is 23.8. The molecule has 40 heavy (non-hydrogen) atoms. The lowest BCUT2D eigenvalue weighted by Gasteiger charge is -2.28. The number of hydrogen-bond donors (Lipinski definition) is 3. The number of furan rings is 1. The van der Waals surface area contributed by atoms with E-state index in [1.165, 1.54) is 30.5 Å². The van der Waals surface area contributed by atoms with E-state index in [0.29, 0.717) is 33.4 Å². The molecule has 2 heterocycles. The minimum atomic E-state index is -0.831. The monoisotopic (exact) mass is 560 g/mol. The van der Waals surface area contributed by atoms with Gasteiger partial charge in [0.15, 0.2) is 0 Å². The lowest BCUT2D eigenvalue weighted by molar-refractivity contribution is -0.114. The van der Waals surface area contributed by atoms with Crippen LogP contribution in [0.15, 0.2) is 93.2 Å². The molecular formula is C29H25FN4O5S. The first-order valence-electron chi connectivity index (χ1n) is 12.2. The molecule has 1 atom stereocenters. The third kappa shape index (κ3) is 6.59. The maximum Gasteiger partial charge on any atom is 0.338 e. The lowest BCUT2D eigenvalue weighted by Crippen LogP contribution is -2.31. The number of dihydropyridines is 1. The fraction of sp³-hybridized carbons (Fsp3) is 0.172. The number of hydrogen-bond acceptors (Lipinski definition) is 8. The Morgan fingerprint density at radius 3 is 2.38 bits per heavy atom. The van der Waals surface area contributed by atoms with Crippen molar-refractivity contribution in [1.82, 2.24) is 5.32 Å². The van der Waals surface area contributed by atoms with Crippen LogP contribution < -0.4 is 16.0 Å². The summed E-state index contributed by atoms with van der Waals surface area (Å²) in [4.78, 5) is 37.9. The molecule has 9 nitrogen and oxygen atoms in total. The summed E-state index contributed by atoms with van der Waals surface area (Å²) in [6, 6.07) is 17.1. The second kappa shape index (κ2) is 12.8. The third-order valence-electron chi connectivity index (χ3n) is 5.85. The standard InChI is InChI=1S/C29H25FN4O5S/c1-3-38-29(37)18-6-10-21(11-7-18)34-27(36)25-17(2)32-28(22(15-31)26(25)23-5-4-14-39-23)40-16-24(35)33-20-12-8-19(30)9-13-20/h4-14,26,32H,3,16H2,1-2H3,(H,33,35)(H,34,36). The highest BCUT2D eigenvalue weighted by Gasteiger charge is 2.36. The Kier molecular flexibility index (Phi) is 9.04. The highest BCUT2D eigenvalue weighted by Crippen LogP contribution is 2.41. The molecule has 2 aromatic carbocycles. The van der Waals surface area contributed by atoms with Crippen LogP contribution in [0.5, 0.6) is 0 Å². The summed E-state index contributed by atoms with van der Waals surface area (Å²) in [5.41, 5.74) is 2.18. The maximum atomic E-state index is 13.5. The summed E-state index contributed by atoms with van der Waals surface area (Å²) in [6.07, 6.45) is 1.45. The van der Waals surface area contributed by atoms with E-state index in [9.17, 15) is 24.0 Å². The molecule has 3 N–H and O–H groups in total. The van der Waals surface area contributed by atoms with Crippen LogP contribution in [-0.2, 0) is 14.3 Å². The molecule has 1 aromatic heterocycles. The van der Waals surface area contributed by atoms with Gasteiger partial charge in [0.1, 0.15) is 11.6 Å². The van der Waals surface area contributed by atoms with Crippen LogP contribution in [0.4, 0.5) is 15.8 Å². The van der Waals surface area contributed by atoms with Gasteiger partial charge in [0, 0.05) is 17.1 Å². The van der Waals surface area contributed by atoms with Gasteiger partial charge in [-0.2, -0.15) is 5.26 Å². The van der Waals surface area contributed by atoms with E-state index >= 15 is 0 Å². The molecule has 1 unspecified atom stereocenters. The van der Waals surface area contributed by atoms with Crippen LogP contribution in [0.1, 0.15) is 35.9 Å². The van der Waals surface area contributed by atoms with Gasteiger partial charge in [0.05, 0.1) is 52.3 Å². The second-order valence-electron chi connectivity index (χ2n) is 8.56. The van der Waals surface area contributed by atoms with Gasteiger partial charge < -0.3 is 25.1 Å². The van der Waals surface area contributed by atoms with Crippen molar-refractivity contribution in [3.8, 4) is 6.07 Å². The zero-order chi connectivity index (χ0) is 28.6. The molecule has 0 bridgehead atoms. The summed E-state index contributed by atoms with van der Waals surface area (Å²) in [5, 5.41) is 19.1. The van der Waals surface area contributed by atoms with Gasteiger partial charge >= 0.3 is 5.97 Å². The largest absolute Gasteiger partial charge is 0.468 e. The number of esters is 1. The number of carbonyl (C=O) groups is 3. The van der Waals surface area contributed by atoms with E-state index in [1.807, 2.05) is 0 Å². The number of benzene rings is 2. The number of nitrogens with one attached hydrogen (secondary N) is 3. The topological polar surface area (TPSA) is 133 Å². The Bertz CT molecular complexity index is 1510. The van der Waals surface area contributed by atoms with E-state index in [4.69, 9.17) is 9.15 Å². The number of rotatable bonds is 9. The van der Waals surface area contributed by atoms with Gasteiger partial charge in [0.25, 0.3) is 5.91 Å². The molecule has 0 aliphatic carbocycles. The molecule has 2 amide bonds. The molecule has 0 saturated heterocycles. The van der Waals surface area contributed by atoms with E-state index < -0.39 is 23.6 Å². The molecule has 0 spiro atoms. The van der Waals surface area contributed by atoms with Gasteiger partial charge in [-0.05, 0) is 74.5 Å². The number of allylic oxidation sites excluding steroid dienone is 2. The Balaban J connectivity index is 1.54. The zero-order valence-corrected chi connectivity index (χ0v) is 22.4. The first-order valence-corrected chi connectivity index (χ1v) is 13.2. The molecule has 3 aromatic rings. The Hall–Kier alpha value is -4.82. The van der Waals surface area contributed by atoms with Gasteiger partial charge in [-0.3, -0.25) is 9.59 Å². The average molecular weight is 561 g/mol. The fourth-order valence-electron chi connectivity index (χ4n) is 4.04. The number of thioether (sulfide) groups is 1. The first kappa shape index (κ1) is 28.2. The van der Waals surface area contributed by atoms with Crippen LogP contribution >= 0.6 is 11.8 Å². The van der Waals surface area contributed by atoms with E-state index in [1.54, 1.807) is 50.2 Å². The third-order valence-corrected chi connectivity index (χ3v) is 6.87. The van der Waals surface area contributed by atoms with E-state index in [0.717, 1.165) is 11.8 Å². The normalized spacial score (nSPS) is 14.7. The lowest BCUT2D eigenvalue weighted by atomic mass is 9.85. The highest BCUT2D eigenvalue weighted by atomic mass is 32.2. The number of carbonyl (C=O) groups excluding carboxylic acids is 3. The summed E-state index contributed by atoms with van der Waals surface area (Å²) in [6.45, 7) is 3.66. The number of ether oxygens (including phenoxy) is 1. The van der Waals surface area contributed by atoms with Crippen molar-refractivity contribution in [3.05, 3.63) is 106 Å². The van der Waals surface area contributed by atoms with Crippen LogP contribution in [0, 0.1) is 17.1 Å². The Labute approximate surface area is 234 Å². The van der Waals surface area contributed by atoms with E-state index in [2.05, 4.69) is 22.0 Å². The Morgan fingerprint density at radius 1 is 1.07 bits per heavy atom. The molecule has 1 aliphatic heterocycles. The maximum absolute atomic E-state index is 13.5. The predicted molar refractivity (Wildman–Crippen MR) is 148 cm³/mol. The highest BCUT2D eigenvalue weighted by molar-refractivity contribution is 8.03. The molecule has 0 radical (unpaired) electrons. The SMILES string of the molecule is CCOC(=O)c1ccc(NC(=O)C2=C(C)NC(SCC(=O)Nc3ccc(F)cc3)=C(C#N)C2c2ccco2)cc1. The molecule has 204 valence electrons. The second-order valence-corrected chi connectivity index (χ2v) is 9.55. The van der Waals surface area contributed by atoms with Gasteiger partial charge in [-0.15, -0.1) is 0 Å². The minimum absolute atomic E-state index is 0.0443. The van der Waals surface area contributed by atoms with Crippen LogP contribution in [0.3, 0.4) is 0 Å². The molecule has 11 heteroatoms.